The molecule has 0 fully saturated rings. The normalized spacial score (nSPS) is 15.4. The lowest BCUT2D eigenvalue weighted by Crippen LogP contribution is -2.30. The van der Waals surface area contributed by atoms with Crippen molar-refractivity contribution in [1.29, 1.82) is 0 Å². The number of furan rings is 1. The third-order valence-electron chi connectivity index (χ3n) is 5.22. The second kappa shape index (κ2) is 5.92. The number of pyridine rings is 2. The first-order chi connectivity index (χ1) is 15.1. The number of rotatable bonds is 2. The van der Waals surface area contributed by atoms with Gasteiger partial charge in [0.2, 0.25) is 11.4 Å². The predicted molar refractivity (Wildman–Crippen MR) is 110 cm³/mol. The summed E-state index contributed by atoms with van der Waals surface area (Å²) >= 11 is 0. The van der Waals surface area contributed by atoms with E-state index >= 15 is 0 Å². The van der Waals surface area contributed by atoms with Gasteiger partial charge in [0.05, 0.1) is 5.56 Å². The first-order valence-electron chi connectivity index (χ1n) is 11.3. The van der Waals surface area contributed by atoms with Crippen molar-refractivity contribution in [2.24, 2.45) is 7.05 Å². The van der Waals surface area contributed by atoms with Crippen molar-refractivity contribution in [2.45, 2.75) is 20.1 Å². The highest BCUT2D eigenvalue weighted by atomic mass is 16.3. The van der Waals surface area contributed by atoms with Gasteiger partial charge in [-0.15, -0.1) is 0 Å². The summed E-state index contributed by atoms with van der Waals surface area (Å²) in [5.74, 6) is 0. The van der Waals surface area contributed by atoms with Gasteiger partial charge in [-0.05, 0) is 47.3 Å². The topological polar surface area (TPSA) is 29.9 Å². The average molecular weight is 358 g/mol. The molecule has 5 rings (SSSR count). The van der Waals surface area contributed by atoms with E-state index in [4.69, 9.17) is 11.3 Å². The molecule has 0 bridgehead atoms. The minimum absolute atomic E-state index is 0.0977. The third-order valence-corrected chi connectivity index (χ3v) is 5.22. The summed E-state index contributed by atoms with van der Waals surface area (Å²) in [4.78, 5) is 4.39. The van der Waals surface area contributed by atoms with Crippen molar-refractivity contribution in [3.05, 3.63) is 72.1 Å². The fraction of sp³-hybridized carbons (Fsp3) is 0.167. The predicted octanol–water partition coefficient (Wildman–Crippen LogP) is 5.50. The largest absolute Gasteiger partial charge is 0.437 e. The van der Waals surface area contributed by atoms with E-state index in [1.807, 2.05) is 48.9 Å². The molecule has 3 nitrogen and oxygen atoms in total. The summed E-state index contributed by atoms with van der Waals surface area (Å²) in [7, 11) is 1.85. The second-order valence-electron chi connectivity index (χ2n) is 6.74. The molecule has 5 aromatic rings. The minimum atomic E-state index is -2.79. The number of hydrogen-bond donors (Lipinski definition) is 0. The second-order valence-corrected chi connectivity index (χ2v) is 6.74. The maximum Gasteiger partial charge on any atom is 0.227 e. The zero-order valence-corrected chi connectivity index (χ0v) is 15.1. The zero-order chi connectivity index (χ0) is 22.8. The Hall–Kier alpha value is -3.20. The van der Waals surface area contributed by atoms with E-state index in [9.17, 15) is 0 Å². The summed E-state index contributed by atoms with van der Waals surface area (Å²) < 4.78 is 47.6. The van der Waals surface area contributed by atoms with Crippen molar-refractivity contribution in [3.8, 4) is 11.3 Å². The molecule has 0 saturated carbocycles. The van der Waals surface area contributed by atoms with Crippen molar-refractivity contribution in [1.82, 2.24) is 4.98 Å². The maximum atomic E-state index is 8.25. The number of aryl methyl sites for hydroxylation is 3. The van der Waals surface area contributed by atoms with E-state index in [2.05, 4.69) is 11.1 Å². The van der Waals surface area contributed by atoms with Crippen LogP contribution in [0.2, 0.25) is 0 Å². The third kappa shape index (κ3) is 2.28. The highest BCUT2D eigenvalue weighted by Gasteiger charge is 2.24. The van der Waals surface area contributed by atoms with E-state index in [0.717, 1.165) is 32.7 Å². The SMILES string of the molecule is [2H]C([2H])([2H])C([2H])([2H])c1cc[n+](C)c(-c2c(C)c3ccccc3c3c2oc2ncccc23)c1. The van der Waals surface area contributed by atoms with Crippen molar-refractivity contribution < 1.29 is 15.8 Å². The Balaban J connectivity index is 1.94. The standard InChI is InChI=1S/C24H21N2O/c1-4-16-11-13-26(3)20(14-16)21-15(2)17-8-5-6-9-18(17)22-19-10-7-12-25-24(19)27-23(21)22/h5-14H,4H2,1-3H3/q+1/i1D3,4D2. The molecule has 0 saturated heterocycles. The fourth-order valence-electron chi connectivity index (χ4n) is 3.91. The lowest BCUT2D eigenvalue weighted by Gasteiger charge is -2.11. The number of benzene rings is 2. The van der Waals surface area contributed by atoms with E-state index in [1.54, 1.807) is 18.5 Å². The van der Waals surface area contributed by atoms with Crippen molar-refractivity contribution in [3.63, 3.8) is 0 Å². The molecule has 3 heterocycles. The molecule has 0 aliphatic rings. The molecule has 27 heavy (non-hydrogen) atoms. The Morgan fingerprint density at radius 1 is 1.11 bits per heavy atom. The van der Waals surface area contributed by atoms with Gasteiger partial charge < -0.3 is 4.42 Å². The molecular formula is C24H21N2O+. The van der Waals surface area contributed by atoms with E-state index in [0.29, 0.717) is 17.0 Å². The first kappa shape index (κ1) is 11.5. The Bertz CT molecular complexity index is 1520. The van der Waals surface area contributed by atoms with Crippen LogP contribution in [-0.2, 0) is 13.4 Å². The number of aromatic nitrogens is 2. The van der Waals surface area contributed by atoms with Crippen LogP contribution in [0.25, 0.3) is 44.1 Å². The van der Waals surface area contributed by atoms with Gasteiger partial charge in [0.15, 0.2) is 11.8 Å². The van der Waals surface area contributed by atoms with Crippen LogP contribution in [0.4, 0.5) is 0 Å². The van der Waals surface area contributed by atoms with Crippen LogP contribution >= 0.6 is 0 Å². The molecule has 0 aliphatic heterocycles. The Morgan fingerprint density at radius 3 is 2.78 bits per heavy atom. The maximum absolute atomic E-state index is 8.25. The van der Waals surface area contributed by atoms with Gasteiger partial charge in [-0.25, -0.2) is 9.55 Å². The van der Waals surface area contributed by atoms with Crippen molar-refractivity contribution in [2.75, 3.05) is 0 Å². The first-order valence-corrected chi connectivity index (χ1v) is 8.80. The molecular weight excluding hydrogens is 332 g/mol. The van der Waals surface area contributed by atoms with Gasteiger partial charge in [-0.3, -0.25) is 0 Å². The smallest absolute Gasteiger partial charge is 0.227 e. The molecule has 132 valence electrons. The average Bonchev–Trinajstić information content (AvgIpc) is 3.13. The summed E-state index contributed by atoms with van der Waals surface area (Å²) in [6, 6.07) is 15.1. The van der Waals surface area contributed by atoms with E-state index < -0.39 is 13.2 Å². The van der Waals surface area contributed by atoms with Crippen molar-refractivity contribution >= 4 is 32.8 Å². The van der Waals surface area contributed by atoms with Gasteiger partial charge in [0.1, 0.15) is 7.05 Å². The van der Waals surface area contributed by atoms with E-state index in [1.165, 1.54) is 6.07 Å². The van der Waals surface area contributed by atoms with Gasteiger partial charge in [0, 0.05) is 36.0 Å². The molecule has 2 aromatic carbocycles. The van der Waals surface area contributed by atoms with Gasteiger partial charge in [-0.1, -0.05) is 31.1 Å². The van der Waals surface area contributed by atoms with Crippen LogP contribution in [0.1, 0.15) is 24.8 Å². The van der Waals surface area contributed by atoms with E-state index in [-0.39, 0.29) is 5.56 Å². The molecule has 0 unspecified atom stereocenters. The highest BCUT2D eigenvalue weighted by molar-refractivity contribution is 6.22. The Kier molecular flexibility index (Phi) is 2.52. The molecule has 0 aliphatic carbocycles. The summed E-state index contributed by atoms with van der Waals surface area (Å²) in [5.41, 5.74) is 3.70. The van der Waals surface area contributed by atoms with Crippen LogP contribution in [0.3, 0.4) is 0 Å². The number of nitrogens with zero attached hydrogens (tertiary/aromatic N) is 2. The summed E-state index contributed by atoms with van der Waals surface area (Å²) in [6.07, 6.45) is 0.885. The van der Waals surface area contributed by atoms with Crippen LogP contribution in [-0.4, -0.2) is 4.98 Å². The molecule has 0 N–H and O–H groups in total. The molecule has 0 atom stereocenters. The van der Waals surface area contributed by atoms with Crippen LogP contribution in [0.15, 0.2) is 65.3 Å². The van der Waals surface area contributed by atoms with Gasteiger partial charge in [0.25, 0.3) is 0 Å². The molecule has 0 amide bonds. The highest BCUT2D eigenvalue weighted by Crippen LogP contribution is 2.42. The Morgan fingerprint density at radius 2 is 1.93 bits per heavy atom. The number of fused-ring (bicyclic) bond motifs is 5. The lowest BCUT2D eigenvalue weighted by molar-refractivity contribution is -0.660. The lowest BCUT2D eigenvalue weighted by atomic mass is 9.93. The monoisotopic (exact) mass is 358 g/mol. The van der Waals surface area contributed by atoms with Crippen LogP contribution in [0.5, 0.6) is 0 Å². The van der Waals surface area contributed by atoms with Crippen LogP contribution in [0, 0.1) is 6.92 Å². The molecule has 0 spiro atoms. The van der Waals surface area contributed by atoms with Gasteiger partial charge >= 0.3 is 0 Å². The molecule has 0 radical (unpaired) electrons. The fourth-order valence-corrected chi connectivity index (χ4v) is 3.91. The number of hydrogen-bond acceptors (Lipinski definition) is 2. The van der Waals surface area contributed by atoms with Gasteiger partial charge in [-0.2, -0.15) is 0 Å². The minimum Gasteiger partial charge on any atom is -0.437 e. The zero-order valence-electron chi connectivity index (χ0n) is 20.1. The Labute approximate surface area is 164 Å². The molecule has 3 aromatic heterocycles. The quantitative estimate of drug-likeness (QED) is 0.390. The summed E-state index contributed by atoms with van der Waals surface area (Å²) in [6.45, 7) is -0.788. The van der Waals surface area contributed by atoms with Crippen LogP contribution < -0.4 is 4.57 Å². The molecule has 3 heteroatoms. The summed E-state index contributed by atoms with van der Waals surface area (Å²) in [5, 5.41) is 3.93.